The fourth-order valence-corrected chi connectivity index (χ4v) is 3.35. The average Bonchev–Trinajstić information content (AvgIpc) is 3.10. The summed E-state index contributed by atoms with van der Waals surface area (Å²) in [6, 6.07) is 8.64. The minimum absolute atomic E-state index is 0.738. The largest absolute Gasteiger partial charge is 0.358 e. The minimum Gasteiger partial charge on any atom is -0.358 e. The molecule has 1 N–H and O–H groups in total. The van der Waals surface area contributed by atoms with Crippen molar-refractivity contribution in [2.45, 2.75) is 33.5 Å². The molecule has 0 aliphatic carbocycles. The third kappa shape index (κ3) is 4.80. The van der Waals surface area contributed by atoms with Gasteiger partial charge < -0.3 is 10.2 Å². The molecule has 1 aliphatic rings. The van der Waals surface area contributed by atoms with Gasteiger partial charge in [0.2, 0.25) is 0 Å². The zero-order chi connectivity index (χ0) is 17.6. The summed E-state index contributed by atoms with van der Waals surface area (Å²) < 4.78 is 1.93. The van der Waals surface area contributed by atoms with Crippen LogP contribution in [0.25, 0.3) is 0 Å². The van der Waals surface area contributed by atoms with E-state index in [1.165, 1.54) is 16.7 Å². The van der Waals surface area contributed by atoms with Crippen molar-refractivity contribution in [3.8, 4) is 0 Å². The lowest BCUT2D eigenvalue weighted by Gasteiger charge is -2.36. The number of thiocarbonyl (C=S) groups is 1. The highest BCUT2D eigenvalue weighted by molar-refractivity contribution is 7.80. The van der Waals surface area contributed by atoms with Gasteiger partial charge in [-0.1, -0.05) is 24.3 Å². The van der Waals surface area contributed by atoms with Crippen molar-refractivity contribution in [1.29, 1.82) is 0 Å². The Kier molecular flexibility index (Phi) is 6.04. The number of piperazine rings is 1. The quantitative estimate of drug-likeness (QED) is 0.832. The van der Waals surface area contributed by atoms with E-state index in [9.17, 15) is 0 Å². The van der Waals surface area contributed by atoms with Crippen LogP contribution in [0.2, 0.25) is 0 Å². The number of aryl methyl sites for hydroxylation is 2. The molecule has 1 fully saturated rings. The molecule has 0 amide bonds. The van der Waals surface area contributed by atoms with E-state index in [1.807, 2.05) is 10.9 Å². The van der Waals surface area contributed by atoms with Crippen LogP contribution >= 0.6 is 12.2 Å². The van der Waals surface area contributed by atoms with Crippen molar-refractivity contribution >= 4 is 17.3 Å². The molecule has 25 heavy (non-hydrogen) atoms. The van der Waals surface area contributed by atoms with Gasteiger partial charge in [0.25, 0.3) is 0 Å². The number of benzene rings is 1. The summed E-state index contributed by atoms with van der Waals surface area (Å²) in [6.45, 7) is 11.0. The number of rotatable bonds is 5. The normalized spacial score (nSPS) is 15.4. The first-order chi connectivity index (χ1) is 12.2. The fourth-order valence-electron chi connectivity index (χ4n) is 3.10. The first-order valence-electron chi connectivity index (χ1n) is 8.96. The number of nitrogens with zero attached hydrogens (tertiary/aromatic N) is 4. The third-order valence-electron chi connectivity index (χ3n) is 4.77. The highest BCUT2D eigenvalue weighted by Gasteiger charge is 2.19. The van der Waals surface area contributed by atoms with Gasteiger partial charge in [0, 0.05) is 57.6 Å². The Morgan fingerprint density at radius 3 is 2.64 bits per heavy atom. The van der Waals surface area contributed by atoms with Crippen LogP contribution in [0, 0.1) is 6.92 Å². The van der Waals surface area contributed by atoms with Crippen LogP contribution in [-0.4, -0.2) is 50.9 Å². The van der Waals surface area contributed by atoms with Crippen molar-refractivity contribution in [3.63, 3.8) is 0 Å². The van der Waals surface area contributed by atoms with E-state index in [4.69, 9.17) is 12.2 Å². The maximum absolute atomic E-state index is 5.57. The van der Waals surface area contributed by atoms with Gasteiger partial charge in [0.05, 0.1) is 6.20 Å². The van der Waals surface area contributed by atoms with Crippen LogP contribution in [0.1, 0.15) is 23.6 Å². The molecule has 0 saturated carbocycles. The second kappa shape index (κ2) is 8.45. The summed E-state index contributed by atoms with van der Waals surface area (Å²) in [6.07, 6.45) is 3.97. The molecule has 1 saturated heterocycles. The van der Waals surface area contributed by atoms with Crippen molar-refractivity contribution in [3.05, 3.63) is 53.3 Å². The molecule has 2 aromatic rings. The average molecular weight is 358 g/mol. The highest BCUT2D eigenvalue weighted by Crippen LogP contribution is 2.12. The Morgan fingerprint density at radius 2 is 1.96 bits per heavy atom. The number of hydrogen-bond donors (Lipinski definition) is 1. The Bertz CT molecular complexity index is 703. The van der Waals surface area contributed by atoms with Crippen molar-refractivity contribution < 1.29 is 0 Å². The third-order valence-corrected chi connectivity index (χ3v) is 5.17. The van der Waals surface area contributed by atoms with Crippen LogP contribution in [0.4, 0.5) is 0 Å². The smallest absolute Gasteiger partial charge is 0.169 e. The topological polar surface area (TPSA) is 36.3 Å². The Labute approximate surface area is 155 Å². The lowest BCUT2D eigenvalue weighted by Crippen LogP contribution is -2.51. The molecule has 5 nitrogen and oxygen atoms in total. The van der Waals surface area contributed by atoms with E-state index in [0.717, 1.165) is 50.9 Å². The van der Waals surface area contributed by atoms with Gasteiger partial charge >= 0.3 is 0 Å². The Morgan fingerprint density at radius 1 is 1.20 bits per heavy atom. The van der Waals surface area contributed by atoms with E-state index in [0.29, 0.717) is 0 Å². The monoisotopic (exact) mass is 357 g/mol. The molecule has 0 spiro atoms. The summed E-state index contributed by atoms with van der Waals surface area (Å²) in [5.74, 6) is 0. The number of nitrogens with one attached hydrogen (secondary N) is 1. The lowest BCUT2D eigenvalue weighted by molar-refractivity contribution is 0.174. The predicted molar refractivity (Wildman–Crippen MR) is 105 cm³/mol. The van der Waals surface area contributed by atoms with Crippen molar-refractivity contribution in [2.75, 3.05) is 26.2 Å². The van der Waals surface area contributed by atoms with E-state index in [1.54, 1.807) is 0 Å². The maximum atomic E-state index is 5.57. The maximum Gasteiger partial charge on any atom is 0.169 e. The summed E-state index contributed by atoms with van der Waals surface area (Å²) in [5.41, 5.74) is 3.96. The van der Waals surface area contributed by atoms with Gasteiger partial charge in [0.15, 0.2) is 5.11 Å². The number of aromatic nitrogens is 2. The van der Waals surface area contributed by atoms with E-state index < -0.39 is 0 Å². The van der Waals surface area contributed by atoms with Crippen molar-refractivity contribution in [2.24, 2.45) is 0 Å². The SMILES string of the molecule is CCn1cc(CNC(=S)N2CCN(Cc3ccccc3C)CC2)cn1. The van der Waals surface area contributed by atoms with E-state index >= 15 is 0 Å². The standard InChI is InChI=1S/C19H27N5S/c1-3-24-14-17(13-21-24)12-20-19(25)23-10-8-22(9-11-23)15-18-7-5-4-6-16(18)2/h4-7,13-14H,3,8-12,15H2,1-2H3,(H,20,25). The molecule has 0 atom stereocenters. The molecular formula is C19H27N5S. The fraction of sp³-hybridized carbons (Fsp3) is 0.474. The van der Waals surface area contributed by atoms with Crippen LogP contribution in [0.3, 0.4) is 0 Å². The van der Waals surface area contributed by atoms with Gasteiger partial charge in [-0.3, -0.25) is 9.58 Å². The van der Waals surface area contributed by atoms with Crippen LogP contribution < -0.4 is 5.32 Å². The molecule has 3 rings (SSSR count). The zero-order valence-corrected chi connectivity index (χ0v) is 15.9. The Balaban J connectivity index is 1.43. The molecule has 2 heterocycles. The minimum atomic E-state index is 0.738. The van der Waals surface area contributed by atoms with Gasteiger partial charge in [0.1, 0.15) is 0 Å². The molecule has 0 radical (unpaired) electrons. The first-order valence-corrected chi connectivity index (χ1v) is 9.37. The second-order valence-electron chi connectivity index (χ2n) is 6.55. The summed E-state index contributed by atoms with van der Waals surface area (Å²) >= 11 is 5.57. The molecular weight excluding hydrogens is 330 g/mol. The summed E-state index contributed by atoms with van der Waals surface area (Å²) in [4.78, 5) is 4.78. The summed E-state index contributed by atoms with van der Waals surface area (Å²) in [7, 11) is 0. The van der Waals surface area contributed by atoms with E-state index in [-0.39, 0.29) is 0 Å². The van der Waals surface area contributed by atoms with Gasteiger partial charge in [-0.25, -0.2) is 0 Å². The molecule has 6 heteroatoms. The summed E-state index contributed by atoms with van der Waals surface area (Å²) in [5, 5.41) is 8.51. The number of hydrogen-bond acceptors (Lipinski definition) is 3. The highest BCUT2D eigenvalue weighted by atomic mass is 32.1. The molecule has 0 unspecified atom stereocenters. The van der Waals surface area contributed by atoms with Crippen molar-refractivity contribution in [1.82, 2.24) is 24.9 Å². The Hall–Kier alpha value is -1.92. The molecule has 1 aromatic heterocycles. The van der Waals surface area contributed by atoms with E-state index in [2.05, 4.69) is 64.5 Å². The van der Waals surface area contributed by atoms with Crippen LogP contribution in [0.5, 0.6) is 0 Å². The first kappa shape index (κ1) is 17.9. The molecule has 1 aromatic carbocycles. The molecule has 1 aliphatic heterocycles. The van der Waals surface area contributed by atoms with Crippen LogP contribution in [-0.2, 0) is 19.6 Å². The lowest BCUT2D eigenvalue weighted by atomic mass is 10.1. The predicted octanol–water partition coefficient (Wildman–Crippen LogP) is 2.40. The zero-order valence-electron chi connectivity index (χ0n) is 15.1. The van der Waals surface area contributed by atoms with Gasteiger partial charge in [-0.05, 0) is 37.2 Å². The van der Waals surface area contributed by atoms with Gasteiger partial charge in [-0.2, -0.15) is 5.10 Å². The second-order valence-corrected chi connectivity index (χ2v) is 6.94. The van der Waals surface area contributed by atoms with Crippen LogP contribution in [0.15, 0.2) is 36.7 Å². The molecule has 134 valence electrons. The molecule has 0 bridgehead atoms. The van der Waals surface area contributed by atoms with Gasteiger partial charge in [-0.15, -0.1) is 0 Å².